The van der Waals surface area contributed by atoms with Gasteiger partial charge in [-0.25, -0.2) is 14.6 Å². The summed E-state index contributed by atoms with van der Waals surface area (Å²) < 4.78 is 0. The van der Waals surface area contributed by atoms with E-state index in [4.69, 9.17) is 38.4 Å². The summed E-state index contributed by atoms with van der Waals surface area (Å²) in [7, 11) is 6.30. The zero-order valence-electron chi connectivity index (χ0n) is 19.1. The minimum absolute atomic E-state index is 0.0214. The van der Waals surface area contributed by atoms with Gasteiger partial charge in [0.2, 0.25) is 0 Å². The molecule has 1 unspecified atom stereocenters. The van der Waals surface area contributed by atoms with E-state index in [9.17, 15) is 9.59 Å². The number of hydrogen-bond donors (Lipinski definition) is 2. The molecule has 0 spiro atoms. The van der Waals surface area contributed by atoms with Gasteiger partial charge in [-0.15, -0.1) is 11.8 Å². The second-order valence-electron chi connectivity index (χ2n) is 7.71. The van der Waals surface area contributed by atoms with Gasteiger partial charge in [-0.3, -0.25) is 4.90 Å². The fourth-order valence-corrected chi connectivity index (χ4v) is 4.80. The predicted molar refractivity (Wildman–Crippen MR) is 140 cm³/mol. The molecule has 0 aliphatic carbocycles. The van der Waals surface area contributed by atoms with Crippen LogP contribution < -0.4 is 0 Å². The van der Waals surface area contributed by atoms with E-state index >= 15 is 0 Å². The van der Waals surface area contributed by atoms with Gasteiger partial charge in [-0.05, 0) is 51.0 Å². The number of aliphatic imine (C=N–C) groups is 1. The van der Waals surface area contributed by atoms with Crippen LogP contribution in [0.15, 0.2) is 59.6 Å². The van der Waals surface area contributed by atoms with E-state index in [0.29, 0.717) is 17.2 Å². The Morgan fingerprint density at radius 1 is 1.12 bits per heavy atom. The normalized spacial score (nSPS) is 15.8. The van der Waals surface area contributed by atoms with Crippen LogP contribution in [-0.4, -0.2) is 77.0 Å². The van der Waals surface area contributed by atoms with Gasteiger partial charge in [0.1, 0.15) is 0 Å². The first kappa shape index (κ1) is 27.9. The minimum Gasteiger partial charge on any atom is -0.478 e. The molecule has 1 aliphatic heterocycles. The van der Waals surface area contributed by atoms with Crippen LogP contribution in [0.25, 0.3) is 0 Å². The van der Waals surface area contributed by atoms with Crippen molar-refractivity contribution < 1.29 is 19.8 Å². The second-order valence-corrected chi connectivity index (χ2v) is 9.72. The maximum Gasteiger partial charge on any atom is 0.328 e. The number of carboxylic acids is 2. The third kappa shape index (κ3) is 8.77. The van der Waals surface area contributed by atoms with Crippen LogP contribution in [0.3, 0.4) is 0 Å². The molecule has 34 heavy (non-hydrogen) atoms. The van der Waals surface area contributed by atoms with Crippen molar-refractivity contribution in [3.8, 4) is 0 Å². The van der Waals surface area contributed by atoms with Gasteiger partial charge >= 0.3 is 11.9 Å². The Bertz CT molecular complexity index is 1060. The number of nitrogens with zero attached hydrogens (tertiary/aromatic N) is 3. The number of hydrogen-bond acceptors (Lipinski definition) is 6. The highest BCUT2D eigenvalue weighted by molar-refractivity contribution is 8.14. The third-order valence-electron chi connectivity index (χ3n) is 4.73. The topological polar surface area (TPSA) is 93.4 Å². The van der Waals surface area contributed by atoms with E-state index in [1.807, 2.05) is 48.2 Å². The molecular formula is C24H27Cl2N3O4S. The summed E-state index contributed by atoms with van der Waals surface area (Å²) in [4.78, 5) is 28.5. The van der Waals surface area contributed by atoms with Crippen molar-refractivity contribution in [2.45, 2.75) is 6.04 Å². The van der Waals surface area contributed by atoms with Crippen molar-refractivity contribution in [3.63, 3.8) is 0 Å². The van der Waals surface area contributed by atoms with Gasteiger partial charge in [0.25, 0.3) is 0 Å². The molecule has 182 valence electrons. The van der Waals surface area contributed by atoms with Crippen molar-refractivity contribution in [2.75, 3.05) is 40.0 Å². The maximum atomic E-state index is 9.55. The Morgan fingerprint density at radius 3 is 2.35 bits per heavy atom. The molecule has 10 heteroatoms. The molecule has 0 aromatic heterocycles. The van der Waals surface area contributed by atoms with Crippen LogP contribution in [0.1, 0.15) is 17.2 Å². The first-order chi connectivity index (χ1) is 16.1. The lowest BCUT2D eigenvalue weighted by Crippen LogP contribution is -2.29. The number of halogens is 2. The predicted octanol–water partition coefficient (Wildman–Crippen LogP) is 5.06. The van der Waals surface area contributed by atoms with E-state index in [-0.39, 0.29) is 6.04 Å². The molecule has 2 aromatic carbocycles. The summed E-state index contributed by atoms with van der Waals surface area (Å²) in [5, 5.41) is 18.2. The number of carbonyl (C=O) groups is 2. The Morgan fingerprint density at radius 2 is 1.76 bits per heavy atom. The fraction of sp³-hybridized carbons (Fsp3) is 0.292. The molecule has 1 heterocycles. The maximum absolute atomic E-state index is 9.55. The van der Waals surface area contributed by atoms with Crippen LogP contribution in [0.5, 0.6) is 0 Å². The highest BCUT2D eigenvalue weighted by Gasteiger charge is 2.28. The van der Waals surface area contributed by atoms with Gasteiger partial charge in [0, 0.05) is 46.6 Å². The molecule has 3 rings (SSSR count). The second kappa shape index (κ2) is 13.5. The summed E-state index contributed by atoms with van der Waals surface area (Å²) in [6, 6.07) is 13.9. The molecule has 0 radical (unpaired) electrons. The van der Waals surface area contributed by atoms with E-state index < -0.39 is 11.9 Å². The summed E-state index contributed by atoms with van der Waals surface area (Å²) in [5.41, 5.74) is 3.14. The van der Waals surface area contributed by atoms with Crippen LogP contribution in [0.4, 0.5) is 5.69 Å². The van der Waals surface area contributed by atoms with Gasteiger partial charge in [0.05, 0.1) is 16.8 Å². The molecule has 7 nitrogen and oxygen atoms in total. The first-order valence-corrected chi connectivity index (χ1v) is 12.1. The molecule has 2 aromatic rings. The number of carboxylic acid groups (broad SMARTS) is 2. The van der Waals surface area contributed by atoms with Crippen LogP contribution in [-0.2, 0) is 9.59 Å². The smallest absolute Gasteiger partial charge is 0.328 e. The van der Waals surface area contributed by atoms with E-state index in [0.717, 1.165) is 45.7 Å². The van der Waals surface area contributed by atoms with Gasteiger partial charge in [0.15, 0.2) is 0 Å². The Kier molecular flexibility index (Phi) is 11.1. The van der Waals surface area contributed by atoms with Crippen molar-refractivity contribution >= 4 is 57.6 Å². The van der Waals surface area contributed by atoms with Crippen LogP contribution >= 0.6 is 35.0 Å². The highest BCUT2D eigenvalue weighted by Crippen LogP contribution is 2.40. The number of rotatable bonds is 6. The van der Waals surface area contributed by atoms with Crippen LogP contribution in [0.2, 0.25) is 10.0 Å². The average molecular weight is 524 g/mol. The van der Waals surface area contributed by atoms with Crippen molar-refractivity contribution in [1.82, 2.24) is 9.80 Å². The molecule has 0 bridgehead atoms. The fourth-order valence-electron chi connectivity index (χ4n) is 3.23. The summed E-state index contributed by atoms with van der Waals surface area (Å²) in [6.45, 7) is 1.80. The number of aliphatic carboxylic acids is 2. The van der Waals surface area contributed by atoms with E-state index in [1.165, 1.54) is 0 Å². The lowest BCUT2D eigenvalue weighted by molar-refractivity contribution is -0.134. The lowest BCUT2D eigenvalue weighted by atomic mass is 9.96. The van der Waals surface area contributed by atoms with Crippen molar-refractivity contribution in [1.29, 1.82) is 0 Å². The monoisotopic (exact) mass is 523 g/mol. The molecule has 1 atom stereocenters. The quantitative estimate of drug-likeness (QED) is 0.510. The van der Waals surface area contributed by atoms with Crippen molar-refractivity contribution in [2.24, 2.45) is 4.99 Å². The SMILES string of the molecule is CN(C)CCSC1=Nc2ccc(Cl)cc2C(c2ccccc2Cl)N(C)C1.O=C(O)/C=C\C(=O)O. The highest BCUT2D eigenvalue weighted by atomic mass is 35.5. The standard InChI is InChI=1S/C20H23Cl2N3S.C4H4O4/c1-24(2)10-11-26-19-13-25(3)20(15-6-4-5-7-17(15)22)16-12-14(21)8-9-18(16)23-19;5-3(6)1-2-4(7)8/h4-9,12,20H,10-11,13H2,1-3H3;1-2H,(H,5,6)(H,7,8)/b;2-1-. The number of fused-ring (bicyclic) bond motifs is 1. The van der Waals surface area contributed by atoms with E-state index in [1.54, 1.807) is 0 Å². The van der Waals surface area contributed by atoms with Gasteiger partial charge in [-0.2, -0.15) is 0 Å². The number of thioether (sulfide) groups is 1. The molecule has 1 aliphatic rings. The summed E-state index contributed by atoms with van der Waals surface area (Å²) in [5.74, 6) is -1.50. The van der Waals surface area contributed by atoms with Crippen molar-refractivity contribution in [3.05, 3.63) is 75.8 Å². The van der Waals surface area contributed by atoms with E-state index in [2.05, 4.69) is 37.0 Å². The summed E-state index contributed by atoms with van der Waals surface area (Å²) >= 11 is 14.7. The Labute approximate surface area is 213 Å². The van der Waals surface area contributed by atoms with Gasteiger partial charge in [-0.1, -0.05) is 41.4 Å². The molecule has 2 N–H and O–H groups in total. The zero-order chi connectivity index (χ0) is 25.3. The molecule has 0 fully saturated rings. The number of benzene rings is 2. The summed E-state index contributed by atoms with van der Waals surface area (Å²) in [6.07, 6.45) is 1.12. The molecule has 0 amide bonds. The zero-order valence-corrected chi connectivity index (χ0v) is 21.4. The largest absolute Gasteiger partial charge is 0.478 e. The minimum atomic E-state index is -1.26. The molecule has 0 saturated heterocycles. The molecular weight excluding hydrogens is 497 g/mol. The third-order valence-corrected chi connectivity index (χ3v) is 6.25. The molecule has 0 saturated carbocycles. The lowest BCUT2D eigenvalue weighted by Gasteiger charge is -2.28. The Hall–Kier alpha value is -2.36. The Balaban J connectivity index is 0.000000440. The first-order valence-electron chi connectivity index (χ1n) is 10.3. The average Bonchev–Trinajstić information content (AvgIpc) is 2.88. The van der Waals surface area contributed by atoms with Gasteiger partial charge < -0.3 is 15.1 Å². The van der Waals surface area contributed by atoms with Crippen LogP contribution in [0, 0.1) is 0 Å².